The molecule has 0 fully saturated rings. The maximum atomic E-state index is 13.1. The number of amidine groups is 1. The number of thioether (sulfide) groups is 1. The van der Waals surface area contributed by atoms with E-state index in [1.807, 2.05) is 55.5 Å². The zero-order valence-electron chi connectivity index (χ0n) is 15.9. The van der Waals surface area contributed by atoms with Crippen LogP contribution in [0.4, 0.5) is 5.69 Å². The number of methoxy groups -OCH3 is 1. The van der Waals surface area contributed by atoms with E-state index in [-0.39, 0.29) is 5.91 Å². The van der Waals surface area contributed by atoms with Gasteiger partial charge in [-0.1, -0.05) is 42.1 Å². The zero-order chi connectivity index (χ0) is 19.9. The van der Waals surface area contributed by atoms with Gasteiger partial charge in [-0.05, 0) is 42.8 Å². The van der Waals surface area contributed by atoms with Gasteiger partial charge in [-0.2, -0.15) is 0 Å². The minimum atomic E-state index is -0.161. The Morgan fingerprint density at radius 3 is 2.64 bits per heavy atom. The van der Waals surface area contributed by atoms with E-state index in [0.717, 1.165) is 11.3 Å². The third kappa shape index (κ3) is 4.28. The molecule has 1 aliphatic rings. The van der Waals surface area contributed by atoms with Gasteiger partial charge in [0.25, 0.3) is 5.91 Å². The van der Waals surface area contributed by atoms with E-state index in [4.69, 9.17) is 9.47 Å². The number of anilines is 1. The zero-order valence-corrected chi connectivity index (χ0v) is 16.7. The maximum absolute atomic E-state index is 13.1. The fourth-order valence-electron chi connectivity index (χ4n) is 2.74. The first-order chi connectivity index (χ1) is 13.7. The Bertz CT molecular complexity index is 923. The number of carbonyl (C=O) groups excluding carboxylic acids is 1. The lowest BCUT2D eigenvalue weighted by molar-refractivity contribution is -0.113. The van der Waals surface area contributed by atoms with Crippen LogP contribution in [0, 0.1) is 0 Å². The van der Waals surface area contributed by atoms with Crippen LogP contribution < -0.4 is 14.4 Å². The number of nitrogens with zero attached hydrogens (tertiary/aromatic N) is 2. The third-order valence-corrected chi connectivity index (χ3v) is 4.90. The monoisotopic (exact) mass is 394 g/mol. The summed E-state index contributed by atoms with van der Waals surface area (Å²) in [6.07, 6.45) is 3.55. The first-order valence-corrected chi connectivity index (χ1v) is 9.91. The number of ether oxygens (including phenoxy) is 2. The highest BCUT2D eigenvalue weighted by molar-refractivity contribution is 8.14. The Balaban J connectivity index is 1.96. The van der Waals surface area contributed by atoms with Gasteiger partial charge < -0.3 is 9.47 Å². The molecule has 0 aliphatic carbocycles. The molecule has 0 N–H and O–H groups in total. The lowest BCUT2D eigenvalue weighted by atomic mass is 10.1. The Hall–Kier alpha value is -2.99. The van der Waals surface area contributed by atoms with Crippen LogP contribution >= 0.6 is 11.8 Å². The average Bonchev–Trinajstić information content (AvgIpc) is 3.03. The van der Waals surface area contributed by atoms with E-state index in [1.54, 1.807) is 24.2 Å². The molecule has 0 saturated carbocycles. The second-order valence-corrected chi connectivity index (χ2v) is 6.83. The summed E-state index contributed by atoms with van der Waals surface area (Å²) in [5.74, 6) is 1.79. The van der Waals surface area contributed by atoms with Gasteiger partial charge >= 0.3 is 0 Å². The van der Waals surface area contributed by atoms with Crippen molar-refractivity contribution in [1.29, 1.82) is 0 Å². The quantitative estimate of drug-likeness (QED) is 0.502. The predicted octanol–water partition coefficient (Wildman–Crippen LogP) is 4.76. The van der Waals surface area contributed by atoms with Gasteiger partial charge in [-0.15, -0.1) is 6.58 Å². The van der Waals surface area contributed by atoms with Crippen LogP contribution in [0.25, 0.3) is 6.08 Å². The van der Waals surface area contributed by atoms with Crippen LogP contribution in [-0.2, 0) is 4.79 Å². The van der Waals surface area contributed by atoms with Crippen molar-refractivity contribution in [2.24, 2.45) is 4.99 Å². The molecule has 0 saturated heterocycles. The van der Waals surface area contributed by atoms with Crippen molar-refractivity contribution in [3.8, 4) is 11.5 Å². The number of carbonyl (C=O) groups is 1. The first kappa shape index (κ1) is 19.8. The second kappa shape index (κ2) is 9.28. The highest BCUT2D eigenvalue weighted by atomic mass is 32.2. The summed E-state index contributed by atoms with van der Waals surface area (Å²) in [6, 6.07) is 15.1. The van der Waals surface area contributed by atoms with Crippen LogP contribution in [0.15, 0.2) is 71.9 Å². The standard InChI is InChI=1S/C22H22N2O3S/c1-4-13-28-22-23-18(21(25)24(22)17-9-7-6-8-10-17)14-16-11-12-19(27-5-2)20(15-16)26-3/h4,6-12,14-15H,1,5,13H2,2-3H3. The Morgan fingerprint density at radius 1 is 1.18 bits per heavy atom. The Kier molecular flexibility index (Phi) is 6.55. The van der Waals surface area contributed by atoms with Crippen LogP contribution in [0.5, 0.6) is 11.5 Å². The van der Waals surface area contributed by atoms with E-state index in [9.17, 15) is 4.79 Å². The van der Waals surface area contributed by atoms with Crippen molar-refractivity contribution in [3.63, 3.8) is 0 Å². The average molecular weight is 394 g/mol. The van der Waals surface area contributed by atoms with Gasteiger partial charge in [-0.25, -0.2) is 4.99 Å². The lowest BCUT2D eigenvalue weighted by Gasteiger charge is -2.17. The minimum Gasteiger partial charge on any atom is -0.493 e. The fourth-order valence-corrected chi connectivity index (χ4v) is 3.49. The molecule has 3 rings (SSSR count). The molecule has 28 heavy (non-hydrogen) atoms. The summed E-state index contributed by atoms with van der Waals surface area (Å²) in [6.45, 7) is 6.22. The third-order valence-electron chi connectivity index (χ3n) is 3.97. The molecule has 0 radical (unpaired) electrons. The highest BCUT2D eigenvalue weighted by Crippen LogP contribution is 2.32. The molecule has 1 aliphatic heterocycles. The smallest absolute Gasteiger partial charge is 0.283 e. The number of rotatable bonds is 7. The van der Waals surface area contributed by atoms with Crippen molar-refractivity contribution in [1.82, 2.24) is 0 Å². The SMILES string of the molecule is C=CCSC1=NC(=Cc2ccc(OCC)c(OC)c2)C(=O)N1c1ccccc1. The van der Waals surface area contributed by atoms with E-state index >= 15 is 0 Å². The molecule has 0 atom stereocenters. The van der Waals surface area contributed by atoms with Crippen LogP contribution in [-0.4, -0.2) is 30.5 Å². The molecule has 144 valence electrons. The molecule has 2 aromatic carbocycles. The number of aliphatic imine (C=N–C) groups is 1. The summed E-state index contributed by atoms with van der Waals surface area (Å²) >= 11 is 1.47. The lowest BCUT2D eigenvalue weighted by Crippen LogP contribution is -2.30. The Morgan fingerprint density at radius 2 is 1.96 bits per heavy atom. The highest BCUT2D eigenvalue weighted by Gasteiger charge is 2.31. The van der Waals surface area contributed by atoms with E-state index in [2.05, 4.69) is 11.6 Å². The van der Waals surface area contributed by atoms with Gasteiger partial charge in [0.2, 0.25) is 0 Å². The molecule has 0 bridgehead atoms. The summed E-state index contributed by atoms with van der Waals surface area (Å²) < 4.78 is 10.9. The van der Waals surface area contributed by atoms with E-state index in [0.29, 0.717) is 34.7 Å². The maximum Gasteiger partial charge on any atom is 0.283 e. The normalized spacial score (nSPS) is 14.9. The van der Waals surface area contributed by atoms with E-state index in [1.165, 1.54) is 11.8 Å². The van der Waals surface area contributed by atoms with Gasteiger partial charge in [-0.3, -0.25) is 9.69 Å². The first-order valence-electron chi connectivity index (χ1n) is 8.92. The van der Waals surface area contributed by atoms with Crippen molar-refractivity contribution in [2.45, 2.75) is 6.92 Å². The number of hydrogen-bond acceptors (Lipinski definition) is 5. The molecule has 0 spiro atoms. The Labute approximate surface area is 169 Å². The predicted molar refractivity (Wildman–Crippen MR) is 116 cm³/mol. The molecule has 1 heterocycles. The fraction of sp³-hybridized carbons (Fsp3) is 0.182. The number of benzene rings is 2. The second-order valence-electron chi connectivity index (χ2n) is 5.84. The molecule has 0 unspecified atom stereocenters. The van der Waals surface area contributed by atoms with Crippen molar-refractivity contribution in [3.05, 3.63) is 72.4 Å². The number of amides is 1. The largest absolute Gasteiger partial charge is 0.493 e. The van der Waals surface area contributed by atoms with Crippen molar-refractivity contribution in [2.75, 3.05) is 24.4 Å². The molecule has 0 aromatic heterocycles. The molecular formula is C22H22N2O3S. The van der Waals surface area contributed by atoms with Crippen molar-refractivity contribution >= 4 is 34.6 Å². The van der Waals surface area contributed by atoms with Gasteiger partial charge in [0.1, 0.15) is 5.70 Å². The van der Waals surface area contributed by atoms with Gasteiger partial charge in [0, 0.05) is 5.75 Å². The summed E-state index contributed by atoms with van der Waals surface area (Å²) in [5, 5.41) is 0.639. The van der Waals surface area contributed by atoms with Gasteiger partial charge in [0.05, 0.1) is 19.4 Å². The summed E-state index contributed by atoms with van der Waals surface area (Å²) in [7, 11) is 1.59. The summed E-state index contributed by atoms with van der Waals surface area (Å²) in [4.78, 5) is 19.3. The molecule has 6 heteroatoms. The topological polar surface area (TPSA) is 51.1 Å². The number of para-hydroxylation sites is 1. The van der Waals surface area contributed by atoms with Crippen molar-refractivity contribution < 1.29 is 14.3 Å². The van der Waals surface area contributed by atoms with Crippen LogP contribution in [0.3, 0.4) is 0 Å². The van der Waals surface area contributed by atoms with Crippen LogP contribution in [0.1, 0.15) is 12.5 Å². The minimum absolute atomic E-state index is 0.161. The molecule has 1 amide bonds. The number of hydrogen-bond donors (Lipinski definition) is 0. The van der Waals surface area contributed by atoms with Gasteiger partial charge in [0.15, 0.2) is 16.7 Å². The molecule has 2 aromatic rings. The molecule has 5 nitrogen and oxygen atoms in total. The summed E-state index contributed by atoms with van der Waals surface area (Å²) in [5.41, 5.74) is 1.98. The molecular weight excluding hydrogens is 372 g/mol. The van der Waals surface area contributed by atoms with Crippen LogP contribution in [0.2, 0.25) is 0 Å². The van der Waals surface area contributed by atoms with E-state index < -0.39 is 0 Å².